The zero-order valence-corrected chi connectivity index (χ0v) is 13.5. The van der Waals surface area contributed by atoms with E-state index in [0.29, 0.717) is 6.54 Å². The molecule has 0 spiro atoms. The summed E-state index contributed by atoms with van der Waals surface area (Å²) in [5.74, 6) is -0.864. The number of benzene rings is 1. The summed E-state index contributed by atoms with van der Waals surface area (Å²) in [4.78, 5) is 17.7. The quantitative estimate of drug-likeness (QED) is 0.899. The van der Waals surface area contributed by atoms with Gasteiger partial charge in [0.15, 0.2) is 0 Å². The van der Waals surface area contributed by atoms with Crippen LogP contribution in [0.3, 0.4) is 0 Å². The molecule has 4 nitrogen and oxygen atoms in total. The summed E-state index contributed by atoms with van der Waals surface area (Å²) in [6.07, 6.45) is 1.74. The summed E-state index contributed by atoms with van der Waals surface area (Å²) in [5, 5.41) is 9.56. The molecule has 2 rings (SSSR count). The van der Waals surface area contributed by atoms with Crippen molar-refractivity contribution in [3.63, 3.8) is 0 Å². The van der Waals surface area contributed by atoms with Crippen LogP contribution in [0.1, 0.15) is 22.9 Å². The molecule has 2 aromatic rings. The number of aromatic nitrogens is 1. The summed E-state index contributed by atoms with van der Waals surface area (Å²) in [6, 6.07) is 10.5. The third-order valence-corrected chi connectivity index (χ3v) is 3.87. The SMILES string of the molecule is Cc1ncccc1CN(C)C(C(=O)O)c1cccc(Br)c1. The van der Waals surface area contributed by atoms with Gasteiger partial charge in [-0.25, -0.2) is 0 Å². The van der Waals surface area contributed by atoms with E-state index in [2.05, 4.69) is 20.9 Å². The number of halogens is 1. The molecule has 110 valence electrons. The molecule has 0 aliphatic rings. The van der Waals surface area contributed by atoms with Crippen LogP contribution < -0.4 is 0 Å². The number of carbonyl (C=O) groups is 1. The molecule has 0 fully saturated rings. The maximum Gasteiger partial charge on any atom is 0.325 e. The Morgan fingerprint density at radius 1 is 1.38 bits per heavy atom. The molecule has 0 aliphatic heterocycles. The Hall–Kier alpha value is -1.72. The first kappa shape index (κ1) is 15.7. The molecule has 1 heterocycles. The van der Waals surface area contributed by atoms with E-state index in [1.807, 2.05) is 55.3 Å². The maximum absolute atomic E-state index is 11.7. The van der Waals surface area contributed by atoms with Crippen molar-refractivity contribution in [2.45, 2.75) is 19.5 Å². The third-order valence-electron chi connectivity index (χ3n) is 3.38. The van der Waals surface area contributed by atoms with Gasteiger partial charge in [-0.1, -0.05) is 34.1 Å². The summed E-state index contributed by atoms with van der Waals surface area (Å²) in [6.45, 7) is 2.46. The fourth-order valence-corrected chi connectivity index (χ4v) is 2.72. The first-order valence-corrected chi connectivity index (χ1v) is 7.37. The molecule has 0 bridgehead atoms. The summed E-state index contributed by atoms with van der Waals surface area (Å²) >= 11 is 3.39. The minimum Gasteiger partial charge on any atom is -0.480 e. The molecule has 1 aromatic carbocycles. The molecular formula is C16H17BrN2O2. The lowest BCUT2D eigenvalue weighted by Gasteiger charge is -2.25. The van der Waals surface area contributed by atoms with Crippen LogP contribution >= 0.6 is 15.9 Å². The topological polar surface area (TPSA) is 53.4 Å². The van der Waals surface area contributed by atoms with Gasteiger partial charge >= 0.3 is 5.97 Å². The number of carboxylic acids is 1. The van der Waals surface area contributed by atoms with E-state index in [-0.39, 0.29) is 0 Å². The lowest BCUT2D eigenvalue weighted by Crippen LogP contribution is -2.30. The molecule has 5 heteroatoms. The van der Waals surface area contributed by atoms with Crippen LogP contribution in [0.25, 0.3) is 0 Å². The number of rotatable bonds is 5. The maximum atomic E-state index is 11.7. The average molecular weight is 349 g/mol. The zero-order valence-electron chi connectivity index (χ0n) is 12.0. The second-order valence-electron chi connectivity index (χ2n) is 4.96. The highest BCUT2D eigenvalue weighted by Crippen LogP contribution is 2.24. The highest BCUT2D eigenvalue weighted by Gasteiger charge is 2.25. The number of aliphatic carboxylic acids is 1. The van der Waals surface area contributed by atoms with Crippen LogP contribution in [0.5, 0.6) is 0 Å². The van der Waals surface area contributed by atoms with Crippen LogP contribution in [0, 0.1) is 6.92 Å². The van der Waals surface area contributed by atoms with Crippen molar-refractivity contribution in [1.29, 1.82) is 0 Å². The molecular weight excluding hydrogens is 332 g/mol. The van der Waals surface area contributed by atoms with Crippen LogP contribution in [0.4, 0.5) is 0 Å². The van der Waals surface area contributed by atoms with E-state index in [1.165, 1.54) is 0 Å². The Bertz CT molecular complexity index is 646. The van der Waals surface area contributed by atoms with Crippen molar-refractivity contribution in [2.75, 3.05) is 7.05 Å². The van der Waals surface area contributed by atoms with Gasteiger partial charge in [-0.15, -0.1) is 0 Å². The van der Waals surface area contributed by atoms with Crippen molar-refractivity contribution in [1.82, 2.24) is 9.88 Å². The van der Waals surface area contributed by atoms with Gasteiger partial charge in [0.25, 0.3) is 0 Å². The molecule has 1 unspecified atom stereocenters. The largest absolute Gasteiger partial charge is 0.480 e. The number of hydrogen-bond acceptors (Lipinski definition) is 3. The molecule has 0 radical (unpaired) electrons. The lowest BCUT2D eigenvalue weighted by molar-refractivity contribution is -0.143. The fourth-order valence-electron chi connectivity index (χ4n) is 2.31. The van der Waals surface area contributed by atoms with Gasteiger partial charge in [-0.05, 0) is 43.3 Å². The Kier molecular flexibility index (Phi) is 5.09. The van der Waals surface area contributed by atoms with Crippen LogP contribution in [-0.2, 0) is 11.3 Å². The second-order valence-corrected chi connectivity index (χ2v) is 5.87. The van der Waals surface area contributed by atoms with E-state index in [1.54, 1.807) is 6.20 Å². The van der Waals surface area contributed by atoms with Gasteiger partial charge < -0.3 is 5.11 Å². The molecule has 1 atom stereocenters. The molecule has 0 amide bonds. The molecule has 21 heavy (non-hydrogen) atoms. The van der Waals surface area contributed by atoms with Crippen LogP contribution in [-0.4, -0.2) is 28.0 Å². The van der Waals surface area contributed by atoms with E-state index in [4.69, 9.17) is 0 Å². The highest BCUT2D eigenvalue weighted by molar-refractivity contribution is 9.10. The Labute approximate surface area is 132 Å². The number of likely N-dealkylation sites (N-methyl/N-ethyl adjacent to an activating group) is 1. The zero-order chi connectivity index (χ0) is 15.4. The first-order valence-electron chi connectivity index (χ1n) is 6.58. The van der Waals surface area contributed by atoms with Crippen LogP contribution in [0.2, 0.25) is 0 Å². The average Bonchev–Trinajstić information content (AvgIpc) is 2.41. The van der Waals surface area contributed by atoms with Crippen LogP contribution in [0.15, 0.2) is 47.1 Å². The van der Waals surface area contributed by atoms with Crippen molar-refractivity contribution < 1.29 is 9.90 Å². The summed E-state index contributed by atoms with van der Waals surface area (Å²) in [7, 11) is 1.81. The monoisotopic (exact) mass is 348 g/mol. The van der Waals surface area contributed by atoms with Crippen molar-refractivity contribution in [3.8, 4) is 0 Å². The number of aryl methyl sites for hydroxylation is 1. The molecule has 1 N–H and O–H groups in total. The Morgan fingerprint density at radius 3 is 2.76 bits per heavy atom. The van der Waals surface area contributed by atoms with E-state index < -0.39 is 12.0 Å². The van der Waals surface area contributed by atoms with Crippen molar-refractivity contribution >= 4 is 21.9 Å². The van der Waals surface area contributed by atoms with Gasteiger partial charge in [0.05, 0.1) is 0 Å². The van der Waals surface area contributed by atoms with Gasteiger partial charge in [-0.2, -0.15) is 0 Å². The minimum atomic E-state index is -0.864. The third kappa shape index (κ3) is 3.89. The van der Waals surface area contributed by atoms with E-state index >= 15 is 0 Å². The van der Waals surface area contributed by atoms with Gasteiger partial charge in [0.2, 0.25) is 0 Å². The highest BCUT2D eigenvalue weighted by atomic mass is 79.9. The Morgan fingerprint density at radius 2 is 2.14 bits per heavy atom. The lowest BCUT2D eigenvalue weighted by atomic mass is 10.0. The predicted molar refractivity (Wildman–Crippen MR) is 85.0 cm³/mol. The smallest absolute Gasteiger partial charge is 0.325 e. The molecule has 0 aliphatic carbocycles. The van der Waals surface area contributed by atoms with Gasteiger partial charge in [-0.3, -0.25) is 14.7 Å². The number of nitrogens with zero attached hydrogens (tertiary/aromatic N) is 2. The van der Waals surface area contributed by atoms with Crippen molar-refractivity contribution in [2.24, 2.45) is 0 Å². The fraction of sp³-hybridized carbons (Fsp3) is 0.250. The Balaban J connectivity index is 2.26. The molecule has 0 saturated heterocycles. The number of carboxylic acid groups (broad SMARTS) is 1. The minimum absolute atomic E-state index is 0.531. The normalized spacial score (nSPS) is 12.4. The van der Waals surface area contributed by atoms with Crippen molar-refractivity contribution in [3.05, 3.63) is 63.9 Å². The first-order chi connectivity index (χ1) is 9.99. The summed E-state index contributed by atoms with van der Waals surface area (Å²) < 4.78 is 0.872. The second kappa shape index (κ2) is 6.83. The number of hydrogen-bond donors (Lipinski definition) is 1. The van der Waals surface area contributed by atoms with E-state index in [9.17, 15) is 9.90 Å². The van der Waals surface area contributed by atoms with E-state index in [0.717, 1.165) is 21.3 Å². The predicted octanol–water partition coefficient (Wildman–Crippen LogP) is 3.41. The number of pyridine rings is 1. The standard InChI is InChI=1S/C16H17BrN2O2/c1-11-13(6-4-8-18-11)10-19(2)15(16(20)21)12-5-3-7-14(17)9-12/h3-9,15H,10H2,1-2H3,(H,20,21). The van der Waals surface area contributed by atoms with Gasteiger partial charge in [0.1, 0.15) is 6.04 Å². The summed E-state index contributed by atoms with van der Waals surface area (Å²) in [5.41, 5.74) is 2.70. The molecule has 1 aromatic heterocycles. The van der Waals surface area contributed by atoms with Gasteiger partial charge in [0, 0.05) is 22.9 Å². The molecule has 0 saturated carbocycles.